The smallest absolute Gasteiger partial charge is 0.394 e. The van der Waals surface area contributed by atoms with Crippen LogP contribution in [0.2, 0.25) is 0 Å². The van der Waals surface area contributed by atoms with E-state index in [4.69, 9.17) is 87.9 Å². The lowest BCUT2D eigenvalue weighted by Crippen LogP contribution is -2.66. The normalized spacial score (nSPS) is 43.3. The number of aromatic nitrogens is 8. The van der Waals surface area contributed by atoms with Gasteiger partial charge < -0.3 is 251 Å². The summed E-state index contributed by atoms with van der Waals surface area (Å²) in [5.74, 6) is 0.127. The predicted octanol–water partition coefficient (Wildman–Crippen LogP) is -20.8. The van der Waals surface area contributed by atoms with Crippen molar-refractivity contribution in [2.75, 3.05) is 70.9 Å². The number of hydrogen-bond acceptors (Lipinski definition) is 60. The summed E-state index contributed by atoms with van der Waals surface area (Å²) in [6.07, 6.45) is -66.7. The van der Waals surface area contributed by atoms with E-state index < -0.39 is 355 Å². The van der Waals surface area contributed by atoms with Crippen LogP contribution in [-0.4, -0.2) is 528 Å². The van der Waals surface area contributed by atoms with Gasteiger partial charge in [-0.3, -0.25) is 22.7 Å². The summed E-state index contributed by atoms with van der Waals surface area (Å²) in [7, 11) is -21.4. The fourth-order valence-electron chi connectivity index (χ4n) is 14.4. The summed E-state index contributed by atoms with van der Waals surface area (Å²) in [5, 5.41) is 298. The van der Waals surface area contributed by atoms with Crippen LogP contribution in [0.4, 0.5) is 11.6 Å². The number of phosphoric ester groups is 3. The van der Waals surface area contributed by atoms with Crippen LogP contribution in [0, 0.1) is 0 Å². The highest BCUT2D eigenvalue weighted by molar-refractivity contribution is 7.61. The lowest BCUT2D eigenvalue weighted by atomic mass is 9.96. The highest BCUT2D eigenvalue weighted by Gasteiger charge is 2.58. The van der Waals surface area contributed by atoms with Crippen molar-refractivity contribution in [2.24, 2.45) is 0 Å². The molecule has 0 radical (unpaired) electrons. The lowest BCUT2D eigenvalue weighted by molar-refractivity contribution is -0.377. The largest absolute Gasteiger partial charge is 0.483 e. The molecule has 13 rings (SSSR count). The van der Waals surface area contributed by atoms with Crippen molar-refractivity contribution in [2.45, 2.75) is 264 Å². The zero-order chi connectivity index (χ0) is 98.6. The maximum atomic E-state index is 12.3. The van der Waals surface area contributed by atoms with Crippen molar-refractivity contribution in [3.63, 3.8) is 0 Å². The Kier molecular flexibility index (Phi) is 38.6. The Morgan fingerprint density at radius 1 is 0.293 bits per heavy atom. The van der Waals surface area contributed by atoms with Crippen LogP contribution in [0.5, 0.6) is 0 Å². The van der Waals surface area contributed by atoms with Gasteiger partial charge >= 0.3 is 31.3 Å². The molecule has 9 saturated heterocycles. The zero-order valence-corrected chi connectivity index (χ0v) is 71.2. The molecular weight excluding hydrogens is 1920 g/mol. The summed E-state index contributed by atoms with van der Waals surface area (Å²) in [6.45, 7) is -7.27. The number of hydrogen-bond donors (Lipinski definition) is 37. The van der Waals surface area contributed by atoms with Crippen molar-refractivity contribution >= 4 is 65.3 Å². The summed E-state index contributed by atoms with van der Waals surface area (Å²) >= 11 is 0. The van der Waals surface area contributed by atoms with Crippen molar-refractivity contribution in [1.82, 2.24) is 39.0 Å². The predicted molar refractivity (Wildman–Crippen MR) is 404 cm³/mol. The van der Waals surface area contributed by atoms with Gasteiger partial charge in [-0.1, -0.05) is 0 Å². The van der Waals surface area contributed by atoms with E-state index in [0.29, 0.717) is 0 Å². The van der Waals surface area contributed by atoms with Gasteiger partial charge in [0.1, 0.15) is 231 Å². The standard InChI is InChI=1S/2C18H32O16.C16H25N5O15P2.C10H15N5O10P2/c2*19-1-4-7(22)8(23)12(27)17(31-4)34-15-6(3-21)32-18(13(28)10(15)25)33-14-5(2-20)30-16(29)11(26)9(14)24;17-13-7-14(19-3-18-13)21(4-20-7)15-11(26)9(24)6(33-15)2-32-37(28,29)36-38(30,31)35-16-12(27)10(25)8(23)5(1-22)34-16;11-8-5-9(13-2-12-8)15(3-14-5)10-7(17)6(16)4(24-10)1-23-27(21,22)25-26(18,19)20/h2*4-29H,1-3H2;3-6,8-12,15-16,22-27H,1-2H2,(H,28,29)(H,30,31)(H2,17,18,19);2-4,6-7,10,16-17H,1H2,(H,21,22)(H2,11,12,13)(H2,18,19,20)/t2*4-,5-,6-,7-,8+,9-,10-,11-,12-,13-,14-,15-,16+,17-,18-;5-,6-,8-,9-,10+,11-,12-,15-,16-;4-,6-,7-,10-/m1111/s1. The highest BCUT2D eigenvalue weighted by atomic mass is 31.3. The fraction of sp³-hybridized carbons (Fsp3) is 0.839. The number of fused-ring (bicyclic) bond motifs is 2. The van der Waals surface area contributed by atoms with E-state index in [1.54, 1.807) is 0 Å². The Morgan fingerprint density at radius 3 is 0.880 bits per heavy atom. The van der Waals surface area contributed by atoms with Gasteiger partial charge in [-0.15, -0.1) is 0 Å². The molecule has 0 aliphatic carbocycles. The van der Waals surface area contributed by atoms with Crippen LogP contribution in [0.3, 0.4) is 0 Å². The minimum Gasteiger partial charge on any atom is -0.394 e. The van der Waals surface area contributed by atoms with Crippen molar-refractivity contribution in [3.05, 3.63) is 25.3 Å². The number of imidazole rings is 2. The van der Waals surface area contributed by atoms with E-state index in [2.05, 4.69) is 52.1 Å². The van der Waals surface area contributed by atoms with Gasteiger partial charge in [-0.05, 0) is 0 Å². The van der Waals surface area contributed by atoms with Crippen LogP contribution in [0.1, 0.15) is 12.5 Å². The van der Waals surface area contributed by atoms with Gasteiger partial charge in [0, 0.05) is 0 Å². The van der Waals surface area contributed by atoms with Gasteiger partial charge in [0.05, 0.1) is 72.1 Å². The molecule has 0 saturated carbocycles. The van der Waals surface area contributed by atoms with Crippen molar-refractivity contribution in [1.29, 1.82) is 0 Å². The van der Waals surface area contributed by atoms with E-state index in [9.17, 15) is 181 Å². The Labute approximate surface area is 742 Å². The monoisotopic (exact) mass is 2020 g/mol. The molecule has 9 aliphatic rings. The first kappa shape index (κ1) is 110. The second kappa shape index (κ2) is 46.5. The maximum Gasteiger partial charge on any atom is 0.483 e. The van der Waals surface area contributed by atoms with Gasteiger partial charge in [0.25, 0.3) is 0 Å². The molecule has 133 heavy (non-hydrogen) atoms. The number of ether oxygens (including phenoxy) is 13. The summed E-state index contributed by atoms with van der Waals surface area (Å²) in [5.41, 5.74) is 12.2. The topological polar surface area (TPSA) is 1080 Å². The van der Waals surface area contributed by atoms with E-state index in [1.807, 2.05) is 0 Å². The Morgan fingerprint density at radius 2 is 0.564 bits per heavy atom. The molecule has 13 heterocycles. The van der Waals surface area contributed by atoms with Crippen molar-refractivity contribution in [3.8, 4) is 0 Å². The SMILES string of the molecule is Nc1ncnc2c1ncn2[C@@H]1O[C@H](COP(=O)(O)OP(=O)(O)O)[C@@H](O)[C@H]1O.Nc1ncnc2c1ncn2[C@@H]1O[C@H](COP(=O)(O)OP(=O)(O)O[C@H]2O[C@H](CO)[C@@H](O)[C@H](O)[C@H]2O)[C@@H](O)[C@H]1O.OC[C@H]1O[C@H](O[C@H]2[C@H](O)[C@@H](O)[C@@H](O[C@H]3[C@H](O)[C@@H](O)[C@@H](O)O[C@@H]3CO)O[C@@H]2CO)[C@H](O)[C@@H](O)[C@@H]1O.OC[C@H]1O[C@H](O[C@H]2[C@H](O)[C@@H](O)[C@@H](O[C@H]3[C@H](O)[C@@H](O)[C@@H](O)O[C@@H]3CO)O[C@@H]2CO)[C@H](O)[C@@H](O)[C@@H]1O. The fourth-order valence-corrected chi connectivity index (χ4v) is 18.1. The summed E-state index contributed by atoms with van der Waals surface area (Å²) in [4.78, 5) is 69.6. The molecule has 0 bridgehead atoms. The van der Waals surface area contributed by atoms with Crippen LogP contribution in [0.25, 0.3) is 22.3 Å². The molecular formula is C62H104N10O57P4. The molecule has 0 spiro atoms. The van der Waals surface area contributed by atoms with E-state index in [1.165, 1.54) is 21.8 Å². The first-order valence-corrected chi connectivity index (χ1v) is 45.1. The van der Waals surface area contributed by atoms with E-state index in [-0.39, 0.29) is 34.0 Å². The molecule has 0 aromatic carbocycles. The highest BCUT2D eigenvalue weighted by Crippen LogP contribution is 2.62. The summed E-state index contributed by atoms with van der Waals surface area (Å²) in [6, 6.07) is 0. The van der Waals surface area contributed by atoms with Crippen molar-refractivity contribution < 1.29 is 280 Å². The quantitative estimate of drug-likeness (QED) is 0.0225. The Hall–Kier alpha value is -4.50. The van der Waals surface area contributed by atoms with Gasteiger partial charge in [0.15, 0.2) is 79.4 Å². The third-order valence-electron chi connectivity index (χ3n) is 21.5. The van der Waals surface area contributed by atoms with Gasteiger partial charge in [-0.2, -0.15) is 8.62 Å². The van der Waals surface area contributed by atoms with Gasteiger partial charge in [-0.25, -0.2) is 48.2 Å². The second-order valence-corrected chi connectivity index (χ2v) is 36.2. The minimum absolute atomic E-state index is 0.0411. The first-order valence-electron chi connectivity index (χ1n) is 39.1. The molecule has 3 unspecified atom stereocenters. The molecule has 9 aliphatic heterocycles. The summed E-state index contributed by atoms with van der Waals surface area (Å²) < 4.78 is 139. The van der Waals surface area contributed by atoms with Crippen LogP contribution in [0.15, 0.2) is 25.3 Å². The Bertz CT molecular complexity index is 4420. The number of nitrogens with two attached hydrogens (primary N) is 2. The number of rotatable bonds is 29. The molecule has 71 heteroatoms. The number of aliphatic hydroxyl groups is 30. The average Bonchev–Trinajstić information content (AvgIpc) is 1.70. The molecule has 9 fully saturated rings. The molecule has 4 aromatic rings. The van der Waals surface area contributed by atoms with Crippen LogP contribution < -0.4 is 11.5 Å². The third kappa shape index (κ3) is 25.5. The molecule has 764 valence electrons. The Balaban J connectivity index is 0.000000185. The molecule has 0 amide bonds. The number of aliphatic hydroxyl groups excluding tert-OH is 30. The maximum absolute atomic E-state index is 12.3. The van der Waals surface area contributed by atoms with Crippen LogP contribution in [-0.2, 0) is 102 Å². The minimum atomic E-state index is -5.56. The number of nitrogens with zero attached hydrogens (tertiary/aromatic N) is 8. The van der Waals surface area contributed by atoms with E-state index in [0.717, 1.165) is 12.7 Å². The van der Waals surface area contributed by atoms with Crippen LogP contribution >= 0.6 is 31.3 Å². The number of anilines is 2. The number of phosphoric acid groups is 4. The zero-order valence-electron chi connectivity index (χ0n) is 67.7. The van der Waals surface area contributed by atoms with Gasteiger partial charge in [0.2, 0.25) is 0 Å². The first-order chi connectivity index (χ1) is 62.3. The molecule has 39 N–H and O–H groups in total. The molecule has 4 aromatic heterocycles. The molecule has 67 nitrogen and oxygen atoms in total. The lowest BCUT2D eigenvalue weighted by Gasteiger charge is -2.47. The number of nitrogen functional groups attached to an aromatic ring is 2. The molecule has 46 atom stereocenters. The second-order valence-electron chi connectivity index (χ2n) is 30.4. The average molecular weight is 2030 g/mol. The van der Waals surface area contributed by atoms with E-state index >= 15 is 0 Å². The third-order valence-corrected chi connectivity index (χ3v) is 26.2.